The average Bonchev–Trinajstić information content (AvgIpc) is 2.02. The third-order valence-electron chi connectivity index (χ3n) is 1.67. The molecule has 0 aromatic heterocycles. The molecular weight excluding hydrogens is 204 g/mol. The highest BCUT2D eigenvalue weighted by molar-refractivity contribution is 7.90. The molecule has 5 nitrogen and oxygen atoms in total. The van der Waals surface area contributed by atoms with E-state index in [1.54, 1.807) is 6.92 Å². The van der Waals surface area contributed by atoms with Gasteiger partial charge >= 0.3 is 0 Å². The summed E-state index contributed by atoms with van der Waals surface area (Å²) in [5, 5.41) is 5.47. The Kier molecular flexibility index (Phi) is 5.71. The van der Waals surface area contributed by atoms with Crippen molar-refractivity contribution in [3.8, 4) is 0 Å². The molecule has 0 heterocycles. The number of sulfone groups is 1. The summed E-state index contributed by atoms with van der Waals surface area (Å²) >= 11 is 0. The van der Waals surface area contributed by atoms with Crippen molar-refractivity contribution in [1.29, 1.82) is 0 Å². The summed E-state index contributed by atoms with van der Waals surface area (Å²) in [5.41, 5.74) is 0. The first kappa shape index (κ1) is 13.4. The average molecular weight is 222 g/mol. The van der Waals surface area contributed by atoms with Crippen LogP contribution in [0, 0.1) is 0 Å². The van der Waals surface area contributed by atoms with Gasteiger partial charge in [0.15, 0.2) is 0 Å². The first-order valence-corrected chi connectivity index (χ1v) is 6.61. The van der Waals surface area contributed by atoms with Crippen LogP contribution in [0.25, 0.3) is 0 Å². The van der Waals surface area contributed by atoms with Gasteiger partial charge in [-0.2, -0.15) is 0 Å². The van der Waals surface area contributed by atoms with Crippen LogP contribution in [0.1, 0.15) is 13.8 Å². The van der Waals surface area contributed by atoms with E-state index in [1.165, 1.54) is 6.26 Å². The van der Waals surface area contributed by atoms with Gasteiger partial charge in [-0.1, -0.05) is 0 Å². The Morgan fingerprint density at radius 2 is 2.00 bits per heavy atom. The highest BCUT2D eigenvalue weighted by atomic mass is 32.2. The number of carbonyl (C=O) groups excluding carboxylic acids is 1. The first-order chi connectivity index (χ1) is 6.37. The van der Waals surface area contributed by atoms with Crippen molar-refractivity contribution in [3.63, 3.8) is 0 Å². The Labute approximate surface area is 85.2 Å². The number of rotatable bonds is 6. The summed E-state index contributed by atoms with van der Waals surface area (Å²) in [4.78, 5) is 11.2. The Bertz CT molecular complexity index is 274. The normalized spacial score (nSPS) is 13.6. The molecule has 0 fully saturated rings. The van der Waals surface area contributed by atoms with Gasteiger partial charge in [0, 0.05) is 19.3 Å². The van der Waals surface area contributed by atoms with E-state index in [1.807, 2.05) is 6.92 Å². The van der Waals surface area contributed by atoms with E-state index in [-0.39, 0.29) is 17.7 Å². The quantitative estimate of drug-likeness (QED) is 0.613. The number of hydrogen-bond acceptors (Lipinski definition) is 4. The fourth-order valence-corrected chi connectivity index (χ4v) is 1.37. The molecule has 0 spiro atoms. The summed E-state index contributed by atoms with van der Waals surface area (Å²) < 4.78 is 21.5. The van der Waals surface area contributed by atoms with Gasteiger partial charge in [0.1, 0.15) is 9.84 Å². The molecule has 6 heteroatoms. The Morgan fingerprint density at radius 3 is 2.43 bits per heavy atom. The maximum atomic E-state index is 11.2. The SMILES string of the molecule is CCNC(=O)C(C)NCCS(C)(=O)=O. The molecule has 0 aromatic carbocycles. The highest BCUT2D eigenvalue weighted by Crippen LogP contribution is 1.84. The van der Waals surface area contributed by atoms with Crippen molar-refractivity contribution in [3.05, 3.63) is 0 Å². The second-order valence-corrected chi connectivity index (χ2v) is 5.46. The lowest BCUT2D eigenvalue weighted by Crippen LogP contribution is -2.43. The molecule has 1 atom stereocenters. The minimum Gasteiger partial charge on any atom is -0.355 e. The molecule has 1 unspecified atom stereocenters. The highest BCUT2D eigenvalue weighted by Gasteiger charge is 2.11. The molecule has 84 valence electrons. The lowest BCUT2D eigenvalue weighted by atomic mass is 10.3. The minimum atomic E-state index is -2.95. The molecule has 0 rings (SSSR count). The van der Waals surface area contributed by atoms with E-state index in [4.69, 9.17) is 0 Å². The topological polar surface area (TPSA) is 75.3 Å². The van der Waals surface area contributed by atoms with Crippen LogP contribution in [-0.2, 0) is 14.6 Å². The number of carbonyl (C=O) groups is 1. The van der Waals surface area contributed by atoms with Crippen LogP contribution in [0.15, 0.2) is 0 Å². The fraction of sp³-hybridized carbons (Fsp3) is 0.875. The summed E-state index contributed by atoms with van der Waals surface area (Å²) in [6, 6.07) is -0.350. The molecular formula is C8H18N2O3S. The second kappa shape index (κ2) is 5.98. The van der Waals surface area contributed by atoms with Crippen LogP contribution in [0.3, 0.4) is 0 Å². The second-order valence-electron chi connectivity index (χ2n) is 3.20. The van der Waals surface area contributed by atoms with Gasteiger partial charge in [-0.3, -0.25) is 4.79 Å². The van der Waals surface area contributed by atoms with Gasteiger partial charge in [0.2, 0.25) is 5.91 Å². The van der Waals surface area contributed by atoms with E-state index in [0.29, 0.717) is 13.1 Å². The number of hydrogen-bond donors (Lipinski definition) is 2. The van der Waals surface area contributed by atoms with Crippen molar-refractivity contribution in [2.75, 3.05) is 25.1 Å². The van der Waals surface area contributed by atoms with E-state index in [0.717, 1.165) is 0 Å². The standard InChI is InChI=1S/C8H18N2O3S/c1-4-9-8(11)7(2)10-5-6-14(3,12)13/h7,10H,4-6H2,1-3H3,(H,9,11). The van der Waals surface area contributed by atoms with Crippen LogP contribution in [-0.4, -0.2) is 45.5 Å². The zero-order valence-electron chi connectivity index (χ0n) is 8.83. The summed E-state index contributed by atoms with van der Waals surface area (Å²) in [5.74, 6) is -0.0579. The van der Waals surface area contributed by atoms with E-state index in [2.05, 4.69) is 10.6 Å². The molecule has 1 amide bonds. The van der Waals surface area contributed by atoms with Gasteiger partial charge in [0.05, 0.1) is 11.8 Å². The van der Waals surface area contributed by atoms with Crippen LogP contribution in [0.4, 0.5) is 0 Å². The fourth-order valence-electron chi connectivity index (χ4n) is 0.881. The van der Waals surface area contributed by atoms with Gasteiger partial charge in [-0.25, -0.2) is 8.42 Å². The van der Waals surface area contributed by atoms with Crippen molar-refractivity contribution in [2.24, 2.45) is 0 Å². The van der Waals surface area contributed by atoms with Gasteiger partial charge in [0.25, 0.3) is 0 Å². The number of likely N-dealkylation sites (N-methyl/N-ethyl adjacent to an activating group) is 1. The summed E-state index contributed by atoms with van der Waals surface area (Å²) in [6.07, 6.45) is 1.17. The summed E-state index contributed by atoms with van der Waals surface area (Å²) in [6.45, 7) is 4.42. The first-order valence-electron chi connectivity index (χ1n) is 4.55. The van der Waals surface area contributed by atoms with Crippen LogP contribution in [0.2, 0.25) is 0 Å². The smallest absolute Gasteiger partial charge is 0.236 e. The molecule has 0 aliphatic rings. The molecule has 0 aliphatic carbocycles. The largest absolute Gasteiger partial charge is 0.355 e. The van der Waals surface area contributed by atoms with Crippen molar-refractivity contribution < 1.29 is 13.2 Å². The molecule has 2 N–H and O–H groups in total. The zero-order valence-corrected chi connectivity index (χ0v) is 9.65. The van der Waals surface area contributed by atoms with E-state index in [9.17, 15) is 13.2 Å². The zero-order chi connectivity index (χ0) is 11.2. The molecule has 0 bridgehead atoms. The number of amides is 1. The van der Waals surface area contributed by atoms with Crippen molar-refractivity contribution in [1.82, 2.24) is 10.6 Å². The third kappa shape index (κ3) is 6.85. The van der Waals surface area contributed by atoms with Crippen molar-refractivity contribution in [2.45, 2.75) is 19.9 Å². The predicted octanol–water partition coefficient (Wildman–Crippen LogP) is -0.855. The van der Waals surface area contributed by atoms with Crippen LogP contribution >= 0.6 is 0 Å². The van der Waals surface area contributed by atoms with E-state index >= 15 is 0 Å². The molecule has 0 radical (unpaired) electrons. The molecule has 0 saturated carbocycles. The van der Waals surface area contributed by atoms with Crippen molar-refractivity contribution >= 4 is 15.7 Å². The monoisotopic (exact) mass is 222 g/mol. The molecule has 0 aliphatic heterocycles. The van der Waals surface area contributed by atoms with E-state index < -0.39 is 9.84 Å². The number of nitrogens with one attached hydrogen (secondary N) is 2. The van der Waals surface area contributed by atoms with Gasteiger partial charge in [-0.05, 0) is 13.8 Å². The van der Waals surface area contributed by atoms with Crippen LogP contribution < -0.4 is 10.6 Å². The predicted molar refractivity (Wildman–Crippen MR) is 55.9 cm³/mol. The maximum absolute atomic E-state index is 11.2. The molecule has 0 aromatic rings. The third-order valence-corrected chi connectivity index (χ3v) is 2.61. The Hall–Kier alpha value is -0.620. The Balaban J connectivity index is 3.74. The molecule has 14 heavy (non-hydrogen) atoms. The lowest BCUT2D eigenvalue weighted by molar-refractivity contribution is -0.122. The maximum Gasteiger partial charge on any atom is 0.236 e. The summed E-state index contributed by atoms with van der Waals surface area (Å²) in [7, 11) is -2.95. The van der Waals surface area contributed by atoms with Gasteiger partial charge < -0.3 is 10.6 Å². The Morgan fingerprint density at radius 1 is 1.43 bits per heavy atom. The minimum absolute atomic E-state index is 0.0523. The lowest BCUT2D eigenvalue weighted by Gasteiger charge is -2.12. The molecule has 0 saturated heterocycles. The van der Waals surface area contributed by atoms with Gasteiger partial charge in [-0.15, -0.1) is 0 Å². The van der Waals surface area contributed by atoms with Crippen LogP contribution in [0.5, 0.6) is 0 Å².